The van der Waals surface area contributed by atoms with Crippen LogP contribution >= 0.6 is 0 Å². The maximum Gasteiger partial charge on any atom is 0.223 e. The molecule has 0 aromatic rings. The average molecular weight is 184 g/mol. The number of carbonyl (C=O) groups is 1. The summed E-state index contributed by atoms with van der Waals surface area (Å²) in [6.07, 6.45) is 5.46. The number of hydrogen-bond acceptors (Lipinski definition) is 2. The SMILES string of the molecule is CCC(CN)NC(=O)C1CCCC1. The molecule has 0 bridgehead atoms. The van der Waals surface area contributed by atoms with Crippen molar-refractivity contribution in [1.82, 2.24) is 5.32 Å². The molecule has 1 amide bonds. The van der Waals surface area contributed by atoms with Gasteiger partial charge in [-0.3, -0.25) is 4.79 Å². The third-order valence-corrected chi connectivity index (χ3v) is 2.85. The minimum atomic E-state index is 0.174. The first-order valence-electron chi connectivity index (χ1n) is 5.28. The van der Waals surface area contributed by atoms with Crippen molar-refractivity contribution in [1.29, 1.82) is 0 Å². The van der Waals surface area contributed by atoms with Crippen LogP contribution in [0.3, 0.4) is 0 Å². The van der Waals surface area contributed by atoms with Crippen LogP contribution in [0.15, 0.2) is 0 Å². The number of nitrogens with one attached hydrogen (secondary N) is 1. The molecular weight excluding hydrogens is 164 g/mol. The van der Waals surface area contributed by atoms with Gasteiger partial charge >= 0.3 is 0 Å². The second-order valence-corrected chi connectivity index (χ2v) is 3.83. The van der Waals surface area contributed by atoms with Crippen molar-refractivity contribution in [2.45, 2.75) is 45.1 Å². The first-order valence-corrected chi connectivity index (χ1v) is 5.28. The molecule has 0 spiro atoms. The molecule has 1 atom stereocenters. The van der Waals surface area contributed by atoms with Crippen LogP contribution in [0.2, 0.25) is 0 Å². The lowest BCUT2D eigenvalue weighted by atomic mass is 10.1. The molecule has 3 N–H and O–H groups in total. The zero-order valence-corrected chi connectivity index (χ0v) is 8.38. The predicted octanol–water partition coefficient (Wildman–Crippen LogP) is 1.03. The number of nitrogens with two attached hydrogens (primary N) is 1. The van der Waals surface area contributed by atoms with E-state index in [0.29, 0.717) is 6.54 Å². The average Bonchev–Trinajstić information content (AvgIpc) is 2.66. The zero-order valence-electron chi connectivity index (χ0n) is 8.38. The summed E-state index contributed by atoms with van der Waals surface area (Å²) in [7, 11) is 0. The third-order valence-electron chi connectivity index (χ3n) is 2.85. The molecule has 1 saturated carbocycles. The van der Waals surface area contributed by atoms with E-state index in [2.05, 4.69) is 5.32 Å². The van der Waals surface area contributed by atoms with Gasteiger partial charge in [0.1, 0.15) is 0 Å². The molecule has 0 saturated heterocycles. The number of amides is 1. The highest BCUT2D eigenvalue weighted by molar-refractivity contribution is 5.79. The van der Waals surface area contributed by atoms with Crippen LogP contribution in [-0.4, -0.2) is 18.5 Å². The van der Waals surface area contributed by atoms with E-state index in [9.17, 15) is 4.79 Å². The summed E-state index contributed by atoms with van der Waals surface area (Å²) in [5, 5.41) is 2.99. The molecule has 1 aliphatic rings. The molecule has 1 unspecified atom stereocenters. The normalized spacial score (nSPS) is 20.2. The molecule has 0 aromatic carbocycles. The molecule has 1 fully saturated rings. The van der Waals surface area contributed by atoms with Gasteiger partial charge in [0, 0.05) is 18.5 Å². The highest BCUT2D eigenvalue weighted by Crippen LogP contribution is 2.24. The van der Waals surface area contributed by atoms with Crippen molar-refractivity contribution >= 4 is 5.91 Å². The van der Waals surface area contributed by atoms with Gasteiger partial charge in [0.2, 0.25) is 5.91 Å². The van der Waals surface area contributed by atoms with E-state index in [-0.39, 0.29) is 17.9 Å². The second kappa shape index (κ2) is 5.22. The Morgan fingerprint density at radius 1 is 1.54 bits per heavy atom. The monoisotopic (exact) mass is 184 g/mol. The minimum absolute atomic E-state index is 0.174. The van der Waals surface area contributed by atoms with Crippen molar-refractivity contribution in [3.8, 4) is 0 Å². The Labute approximate surface area is 80.1 Å². The topological polar surface area (TPSA) is 55.1 Å². The van der Waals surface area contributed by atoms with E-state index in [1.54, 1.807) is 0 Å². The lowest BCUT2D eigenvalue weighted by Crippen LogP contribution is -2.42. The van der Waals surface area contributed by atoms with Gasteiger partial charge in [-0.15, -0.1) is 0 Å². The molecule has 76 valence electrons. The fraction of sp³-hybridized carbons (Fsp3) is 0.900. The number of hydrogen-bond donors (Lipinski definition) is 2. The Kier molecular flexibility index (Phi) is 4.22. The first-order chi connectivity index (χ1) is 6.27. The van der Waals surface area contributed by atoms with Gasteiger partial charge in [-0.05, 0) is 19.3 Å². The van der Waals surface area contributed by atoms with Crippen LogP contribution in [0.5, 0.6) is 0 Å². The Hall–Kier alpha value is -0.570. The van der Waals surface area contributed by atoms with E-state index in [0.717, 1.165) is 19.3 Å². The molecule has 13 heavy (non-hydrogen) atoms. The molecule has 3 nitrogen and oxygen atoms in total. The highest BCUT2D eigenvalue weighted by Gasteiger charge is 2.23. The predicted molar refractivity (Wildman–Crippen MR) is 53.2 cm³/mol. The summed E-state index contributed by atoms with van der Waals surface area (Å²) >= 11 is 0. The van der Waals surface area contributed by atoms with Gasteiger partial charge in [-0.1, -0.05) is 19.8 Å². The molecule has 1 aliphatic carbocycles. The van der Waals surface area contributed by atoms with E-state index >= 15 is 0 Å². The van der Waals surface area contributed by atoms with Gasteiger partial charge in [-0.25, -0.2) is 0 Å². The van der Waals surface area contributed by atoms with Gasteiger partial charge in [0.05, 0.1) is 0 Å². The minimum Gasteiger partial charge on any atom is -0.352 e. The number of carbonyl (C=O) groups excluding carboxylic acids is 1. The van der Waals surface area contributed by atoms with Crippen molar-refractivity contribution < 1.29 is 4.79 Å². The summed E-state index contributed by atoms with van der Waals surface area (Å²) in [5.74, 6) is 0.482. The van der Waals surface area contributed by atoms with Crippen LogP contribution < -0.4 is 11.1 Å². The van der Waals surface area contributed by atoms with Gasteiger partial charge in [-0.2, -0.15) is 0 Å². The van der Waals surface area contributed by atoms with Crippen molar-refractivity contribution in [3.05, 3.63) is 0 Å². The Bertz CT molecular complexity index is 160. The fourth-order valence-corrected chi connectivity index (χ4v) is 1.83. The van der Waals surface area contributed by atoms with Crippen LogP contribution in [-0.2, 0) is 4.79 Å². The van der Waals surface area contributed by atoms with Crippen LogP contribution in [0.1, 0.15) is 39.0 Å². The summed E-state index contributed by atoms with van der Waals surface area (Å²) in [6.45, 7) is 2.60. The van der Waals surface area contributed by atoms with E-state index < -0.39 is 0 Å². The molecular formula is C10H20N2O. The summed E-state index contributed by atoms with van der Waals surface area (Å²) in [5.41, 5.74) is 5.52. The fourth-order valence-electron chi connectivity index (χ4n) is 1.83. The van der Waals surface area contributed by atoms with Crippen LogP contribution in [0, 0.1) is 5.92 Å². The van der Waals surface area contributed by atoms with Gasteiger partial charge < -0.3 is 11.1 Å². The van der Waals surface area contributed by atoms with Crippen LogP contribution in [0.4, 0.5) is 0 Å². The molecule has 0 aliphatic heterocycles. The van der Waals surface area contributed by atoms with Crippen LogP contribution in [0.25, 0.3) is 0 Å². The van der Waals surface area contributed by atoms with Crippen molar-refractivity contribution in [3.63, 3.8) is 0 Å². The smallest absolute Gasteiger partial charge is 0.223 e. The molecule has 0 heterocycles. The Morgan fingerprint density at radius 3 is 2.62 bits per heavy atom. The second-order valence-electron chi connectivity index (χ2n) is 3.83. The Balaban J connectivity index is 2.30. The zero-order chi connectivity index (χ0) is 9.68. The summed E-state index contributed by atoms with van der Waals surface area (Å²) < 4.78 is 0. The third kappa shape index (κ3) is 2.99. The standard InChI is InChI=1S/C10H20N2O/c1-2-9(7-11)12-10(13)8-5-3-4-6-8/h8-9H,2-7,11H2,1H3,(H,12,13). The highest BCUT2D eigenvalue weighted by atomic mass is 16.1. The quantitative estimate of drug-likeness (QED) is 0.685. The van der Waals surface area contributed by atoms with Crippen molar-refractivity contribution in [2.75, 3.05) is 6.54 Å². The first kappa shape index (κ1) is 10.5. The summed E-state index contributed by atoms with van der Waals surface area (Å²) in [4.78, 5) is 11.6. The maximum absolute atomic E-state index is 11.6. The lowest BCUT2D eigenvalue weighted by molar-refractivity contribution is -0.125. The van der Waals surface area contributed by atoms with Crippen molar-refractivity contribution in [2.24, 2.45) is 11.7 Å². The number of rotatable bonds is 4. The van der Waals surface area contributed by atoms with E-state index in [1.807, 2.05) is 6.92 Å². The van der Waals surface area contributed by atoms with Gasteiger partial charge in [0.25, 0.3) is 0 Å². The molecule has 0 aromatic heterocycles. The lowest BCUT2D eigenvalue weighted by Gasteiger charge is -2.17. The maximum atomic E-state index is 11.6. The van der Waals surface area contributed by atoms with E-state index in [1.165, 1.54) is 12.8 Å². The van der Waals surface area contributed by atoms with E-state index in [4.69, 9.17) is 5.73 Å². The molecule has 0 radical (unpaired) electrons. The molecule has 3 heteroatoms. The largest absolute Gasteiger partial charge is 0.352 e. The summed E-state index contributed by atoms with van der Waals surface area (Å²) in [6, 6.07) is 0.174. The van der Waals surface area contributed by atoms with Gasteiger partial charge in [0.15, 0.2) is 0 Å². The Morgan fingerprint density at radius 2 is 2.15 bits per heavy atom. The molecule has 1 rings (SSSR count).